The zero-order valence-electron chi connectivity index (χ0n) is 12.1. The molecule has 2 heterocycles. The van der Waals surface area contributed by atoms with E-state index in [4.69, 9.17) is 11.6 Å². The molecule has 7 heteroatoms. The van der Waals surface area contributed by atoms with Crippen molar-refractivity contribution in [1.82, 2.24) is 20.1 Å². The normalized spacial score (nSPS) is 10.4. The third-order valence-corrected chi connectivity index (χ3v) is 3.13. The molecule has 0 bridgehead atoms. The molecule has 0 unspecified atom stereocenters. The van der Waals surface area contributed by atoms with E-state index in [9.17, 15) is 4.79 Å². The number of hydrogen-bond acceptors (Lipinski definition) is 4. The summed E-state index contributed by atoms with van der Waals surface area (Å²) in [5, 5.41) is 10.5. The molecule has 0 radical (unpaired) electrons. The number of aryl methyl sites for hydroxylation is 1. The quantitative estimate of drug-likeness (QED) is 0.858. The number of halogens is 1. The van der Waals surface area contributed by atoms with Crippen LogP contribution in [-0.4, -0.2) is 27.2 Å². The van der Waals surface area contributed by atoms with Crippen LogP contribution in [0.3, 0.4) is 0 Å². The van der Waals surface area contributed by atoms with Crippen LogP contribution >= 0.6 is 11.6 Å². The van der Waals surface area contributed by atoms with Crippen LogP contribution in [0, 0.1) is 0 Å². The summed E-state index contributed by atoms with van der Waals surface area (Å²) < 4.78 is 1.69. The predicted molar refractivity (Wildman–Crippen MR) is 82.4 cm³/mol. The van der Waals surface area contributed by atoms with Crippen molar-refractivity contribution in [3.8, 4) is 0 Å². The highest BCUT2D eigenvalue weighted by molar-refractivity contribution is 6.33. The number of carbonyl (C=O) groups excluding carboxylic acids is 1. The molecule has 6 nitrogen and oxygen atoms in total. The lowest BCUT2D eigenvalue weighted by Crippen LogP contribution is -2.23. The predicted octanol–water partition coefficient (Wildman–Crippen LogP) is 2.22. The summed E-state index contributed by atoms with van der Waals surface area (Å²) in [5.74, 6) is 0.372. The maximum Gasteiger partial charge on any atom is 0.253 e. The standard InChI is InChI=1S/C14H18ClN5O/c1-3-5-16-13-12(15)7-10(8-17-13)14(21)18-9-11-4-6-20(2)19-11/h4,6-8H,3,5,9H2,1-2H3,(H,16,17)(H,18,21). The molecular formula is C14H18ClN5O. The highest BCUT2D eigenvalue weighted by atomic mass is 35.5. The van der Waals surface area contributed by atoms with E-state index in [1.54, 1.807) is 10.7 Å². The minimum absolute atomic E-state index is 0.225. The van der Waals surface area contributed by atoms with E-state index in [-0.39, 0.29) is 5.91 Å². The van der Waals surface area contributed by atoms with Gasteiger partial charge in [-0.3, -0.25) is 9.48 Å². The van der Waals surface area contributed by atoms with Crippen LogP contribution in [0.4, 0.5) is 5.82 Å². The van der Waals surface area contributed by atoms with Gasteiger partial charge in [0.25, 0.3) is 5.91 Å². The van der Waals surface area contributed by atoms with E-state index in [0.717, 1.165) is 18.7 Å². The lowest BCUT2D eigenvalue weighted by Gasteiger charge is -2.08. The number of nitrogens with one attached hydrogen (secondary N) is 2. The molecule has 0 saturated carbocycles. The second kappa shape index (κ2) is 7.08. The van der Waals surface area contributed by atoms with E-state index < -0.39 is 0 Å². The van der Waals surface area contributed by atoms with Gasteiger partial charge in [0.15, 0.2) is 0 Å². The van der Waals surface area contributed by atoms with Crippen LogP contribution in [0.5, 0.6) is 0 Å². The average Bonchev–Trinajstić information content (AvgIpc) is 2.89. The van der Waals surface area contributed by atoms with E-state index in [1.165, 1.54) is 6.20 Å². The van der Waals surface area contributed by atoms with Crippen molar-refractivity contribution in [1.29, 1.82) is 0 Å². The van der Waals surface area contributed by atoms with Gasteiger partial charge < -0.3 is 10.6 Å². The van der Waals surface area contributed by atoms with Crippen molar-refractivity contribution in [3.05, 3.63) is 40.8 Å². The number of carbonyl (C=O) groups is 1. The maximum absolute atomic E-state index is 12.0. The summed E-state index contributed by atoms with van der Waals surface area (Å²) in [7, 11) is 1.83. The SMILES string of the molecule is CCCNc1ncc(C(=O)NCc2ccn(C)n2)cc1Cl. The summed E-state index contributed by atoms with van der Waals surface area (Å²) in [6.07, 6.45) is 4.32. The van der Waals surface area contributed by atoms with Gasteiger partial charge in [0.2, 0.25) is 0 Å². The van der Waals surface area contributed by atoms with Gasteiger partial charge in [-0.05, 0) is 18.6 Å². The second-order valence-electron chi connectivity index (χ2n) is 4.64. The summed E-state index contributed by atoms with van der Waals surface area (Å²) >= 11 is 6.11. The van der Waals surface area contributed by atoms with E-state index in [2.05, 4.69) is 27.6 Å². The number of hydrogen-bond donors (Lipinski definition) is 2. The third-order valence-electron chi connectivity index (χ3n) is 2.84. The Morgan fingerprint density at radius 2 is 2.29 bits per heavy atom. The Morgan fingerprint density at radius 1 is 1.48 bits per heavy atom. The van der Waals surface area contributed by atoms with Gasteiger partial charge >= 0.3 is 0 Å². The first kappa shape index (κ1) is 15.3. The minimum Gasteiger partial charge on any atom is -0.369 e. The molecule has 2 N–H and O–H groups in total. The number of pyridine rings is 1. The smallest absolute Gasteiger partial charge is 0.253 e. The molecule has 0 aliphatic heterocycles. The molecule has 2 aromatic rings. The molecule has 112 valence electrons. The molecule has 0 aromatic carbocycles. The number of aromatic nitrogens is 3. The van der Waals surface area contributed by atoms with Crippen LogP contribution in [0.15, 0.2) is 24.5 Å². The highest BCUT2D eigenvalue weighted by Crippen LogP contribution is 2.20. The Kier molecular flexibility index (Phi) is 5.16. The van der Waals surface area contributed by atoms with Crippen molar-refractivity contribution >= 4 is 23.3 Å². The van der Waals surface area contributed by atoms with E-state index in [0.29, 0.717) is 22.9 Å². The number of anilines is 1. The Morgan fingerprint density at radius 3 is 2.90 bits per heavy atom. The first-order chi connectivity index (χ1) is 10.1. The van der Waals surface area contributed by atoms with Crippen LogP contribution in [0.1, 0.15) is 29.4 Å². The molecular weight excluding hydrogens is 290 g/mol. The van der Waals surface area contributed by atoms with Crippen molar-refractivity contribution in [2.45, 2.75) is 19.9 Å². The first-order valence-electron chi connectivity index (χ1n) is 6.76. The molecule has 0 spiro atoms. The average molecular weight is 308 g/mol. The summed E-state index contributed by atoms with van der Waals surface area (Å²) in [6, 6.07) is 3.46. The van der Waals surface area contributed by atoms with Gasteiger partial charge in [-0.2, -0.15) is 5.10 Å². The Labute approximate surface area is 128 Å². The molecule has 0 fully saturated rings. The van der Waals surface area contributed by atoms with Gasteiger partial charge in [0, 0.05) is 26.0 Å². The first-order valence-corrected chi connectivity index (χ1v) is 7.14. The zero-order chi connectivity index (χ0) is 15.2. The summed E-state index contributed by atoms with van der Waals surface area (Å²) in [4.78, 5) is 16.2. The molecule has 2 rings (SSSR count). The van der Waals surface area contributed by atoms with Crippen molar-refractivity contribution in [2.24, 2.45) is 7.05 Å². The van der Waals surface area contributed by atoms with Gasteiger partial charge in [0.1, 0.15) is 5.82 Å². The van der Waals surface area contributed by atoms with Crippen LogP contribution < -0.4 is 10.6 Å². The van der Waals surface area contributed by atoms with Crippen molar-refractivity contribution < 1.29 is 4.79 Å². The Hall–Kier alpha value is -2.08. The Bertz CT molecular complexity index is 626. The van der Waals surface area contributed by atoms with Gasteiger partial charge in [-0.1, -0.05) is 18.5 Å². The van der Waals surface area contributed by atoms with E-state index >= 15 is 0 Å². The largest absolute Gasteiger partial charge is 0.369 e. The second-order valence-corrected chi connectivity index (χ2v) is 5.05. The molecule has 0 atom stereocenters. The number of amides is 1. The zero-order valence-corrected chi connectivity index (χ0v) is 12.8. The maximum atomic E-state index is 12.0. The van der Waals surface area contributed by atoms with Crippen LogP contribution in [0.25, 0.3) is 0 Å². The molecule has 0 aliphatic carbocycles. The lowest BCUT2D eigenvalue weighted by molar-refractivity contribution is 0.0950. The number of nitrogens with zero attached hydrogens (tertiary/aromatic N) is 3. The fraction of sp³-hybridized carbons (Fsp3) is 0.357. The topological polar surface area (TPSA) is 71.8 Å². The van der Waals surface area contributed by atoms with Gasteiger partial charge in [-0.25, -0.2) is 4.98 Å². The number of rotatable bonds is 6. The van der Waals surface area contributed by atoms with Crippen molar-refractivity contribution in [3.63, 3.8) is 0 Å². The third kappa shape index (κ3) is 4.19. The molecule has 0 aliphatic rings. The van der Waals surface area contributed by atoms with E-state index in [1.807, 2.05) is 19.3 Å². The molecule has 1 amide bonds. The molecule has 21 heavy (non-hydrogen) atoms. The fourth-order valence-electron chi connectivity index (χ4n) is 1.77. The molecule has 2 aromatic heterocycles. The summed E-state index contributed by atoms with van der Waals surface area (Å²) in [5.41, 5.74) is 1.23. The monoisotopic (exact) mass is 307 g/mol. The lowest BCUT2D eigenvalue weighted by atomic mass is 10.2. The van der Waals surface area contributed by atoms with Crippen molar-refractivity contribution in [2.75, 3.05) is 11.9 Å². The fourth-order valence-corrected chi connectivity index (χ4v) is 2.00. The minimum atomic E-state index is -0.225. The van der Waals surface area contributed by atoms with Gasteiger partial charge in [-0.15, -0.1) is 0 Å². The summed E-state index contributed by atoms with van der Waals surface area (Å²) in [6.45, 7) is 3.21. The Balaban J connectivity index is 1.97. The van der Waals surface area contributed by atoms with Crippen LogP contribution in [-0.2, 0) is 13.6 Å². The molecule has 0 saturated heterocycles. The van der Waals surface area contributed by atoms with Crippen LogP contribution in [0.2, 0.25) is 5.02 Å². The van der Waals surface area contributed by atoms with Gasteiger partial charge in [0.05, 0.1) is 22.8 Å². The highest BCUT2D eigenvalue weighted by Gasteiger charge is 2.10.